The van der Waals surface area contributed by atoms with Crippen molar-refractivity contribution in [3.63, 3.8) is 0 Å². The normalized spacial score (nSPS) is 10.0. The largest absolute Gasteiger partial charge is 0.463 e. The fourth-order valence-corrected chi connectivity index (χ4v) is 1.02. The Bertz CT molecular complexity index is 478. The van der Waals surface area contributed by atoms with Crippen molar-refractivity contribution in [1.29, 1.82) is 0 Å². The van der Waals surface area contributed by atoms with Gasteiger partial charge in [0.25, 0.3) is 5.95 Å². The van der Waals surface area contributed by atoms with Crippen LogP contribution in [0.3, 0.4) is 0 Å². The third kappa shape index (κ3) is 3.44. The van der Waals surface area contributed by atoms with Crippen molar-refractivity contribution in [2.24, 2.45) is 0 Å². The number of rotatable bonds is 4. The molecule has 0 aromatic carbocycles. The maximum Gasteiger partial charge on any atom is 0.344 e. The number of nitrogens with zero attached hydrogens (tertiary/aromatic N) is 1. The molecule has 5 nitrogen and oxygen atoms in total. The van der Waals surface area contributed by atoms with E-state index in [0.29, 0.717) is 6.07 Å². The van der Waals surface area contributed by atoms with Crippen LogP contribution in [-0.2, 0) is 14.3 Å². The second-order valence-corrected chi connectivity index (χ2v) is 2.98. The maximum absolute atomic E-state index is 13.1. The van der Waals surface area contributed by atoms with Crippen molar-refractivity contribution < 1.29 is 32.2 Å². The average molecular weight is 263 g/mol. The average Bonchev–Trinajstić information content (AvgIpc) is 2.31. The van der Waals surface area contributed by atoms with Crippen LogP contribution in [0.4, 0.5) is 13.2 Å². The summed E-state index contributed by atoms with van der Waals surface area (Å²) in [6.45, 7) is 0.827. The van der Waals surface area contributed by atoms with Gasteiger partial charge >= 0.3 is 11.9 Å². The van der Waals surface area contributed by atoms with Crippen LogP contribution in [0.5, 0.6) is 0 Å². The summed E-state index contributed by atoms with van der Waals surface area (Å²) in [7, 11) is 0. The Hall–Kier alpha value is -2.12. The molecule has 8 heteroatoms. The second-order valence-electron chi connectivity index (χ2n) is 2.98. The Labute approximate surface area is 99.5 Å². The van der Waals surface area contributed by atoms with Gasteiger partial charge in [-0.25, -0.2) is 14.0 Å². The number of hydrogen-bond donors (Lipinski definition) is 0. The van der Waals surface area contributed by atoms with E-state index in [1.807, 2.05) is 0 Å². The van der Waals surface area contributed by atoms with Crippen LogP contribution in [0.2, 0.25) is 0 Å². The monoisotopic (exact) mass is 263 g/mol. The zero-order chi connectivity index (χ0) is 13.7. The Morgan fingerprint density at radius 3 is 2.56 bits per heavy atom. The summed E-state index contributed by atoms with van der Waals surface area (Å²) in [6, 6.07) is 0.367. The Morgan fingerprint density at radius 1 is 1.28 bits per heavy atom. The topological polar surface area (TPSA) is 65.5 Å². The molecular formula is C10H8F3NO4. The number of halogens is 3. The van der Waals surface area contributed by atoms with Gasteiger partial charge in [-0.05, 0) is 6.92 Å². The minimum absolute atomic E-state index is 0.0727. The van der Waals surface area contributed by atoms with Crippen molar-refractivity contribution in [1.82, 2.24) is 4.98 Å². The first kappa shape index (κ1) is 13.9. The fourth-order valence-electron chi connectivity index (χ4n) is 1.02. The van der Waals surface area contributed by atoms with Crippen LogP contribution >= 0.6 is 0 Å². The third-order valence-corrected chi connectivity index (χ3v) is 1.73. The lowest BCUT2D eigenvalue weighted by atomic mass is 10.2. The Kier molecular flexibility index (Phi) is 4.64. The lowest BCUT2D eigenvalue weighted by Crippen LogP contribution is -2.18. The molecule has 0 aliphatic carbocycles. The first-order chi connectivity index (χ1) is 8.45. The van der Waals surface area contributed by atoms with Crippen LogP contribution in [-0.4, -0.2) is 30.1 Å². The molecule has 1 aromatic rings. The summed E-state index contributed by atoms with van der Waals surface area (Å²) >= 11 is 0. The number of hydrogen-bond acceptors (Lipinski definition) is 5. The maximum atomic E-state index is 13.1. The van der Waals surface area contributed by atoms with E-state index in [9.17, 15) is 22.8 Å². The zero-order valence-electron chi connectivity index (χ0n) is 9.21. The minimum atomic E-state index is -1.77. The molecule has 0 saturated heterocycles. The van der Waals surface area contributed by atoms with E-state index >= 15 is 0 Å². The molecule has 1 rings (SSSR count). The van der Waals surface area contributed by atoms with Crippen LogP contribution in [0, 0.1) is 17.7 Å². The number of pyridine rings is 1. The Morgan fingerprint density at radius 2 is 1.94 bits per heavy atom. The number of ether oxygens (including phenoxy) is 2. The molecule has 0 amide bonds. The van der Waals surface area contributed by atoms with Crippen molar-refractivity contribution in [2.45, 2.75) is 6.92 Å². The number of aromatic nitrogens is 1. The molecule has 0 spiro atoms. The minimum Gasteiger partial charge on any atom is -0.463 e. The van der Waals surface area contributed by atoms with Crippen molar-refractivity contribution >= 4 is 11.9 Å². The highest BCUT2D eigenvalue weighted by Crippen LogP contribution is 2.12. The van der Waals surface area contributed by atoms with Gasteiger partial charge in [0.05, 0.1) is 6.61 Å². The van der Waals surface area contributed by atoms with Gasteiger partial charge in [0.1, 0.15) is 5.56 Å². The molecular weight excluding hydrogens is 255 g/mol. The van der Waals surface area contributed by atoms with Gasteiger partial charge in [-0.15, -0.1) is 0 Å². The van der Waals surface area contributed by atoms with Gasteiger partial charge in [0, 0.05) is 6.07 Å². The SMILES string of the molecule is CCOC(=O)COC(=O)c1cc(F)nc(F)c1F. The van der Waals surface area contributed by atoms with E-state index in [0.717, 1.165) is 0 Å². The molecule has 0 atom stereocenters. The first-order valence-corrected chi connectivity index (χ1v) is 4.80. The highest BCUT2D eigenvalue weighted by molar-refractivity contribution is 5.90. The van der Waals surface area contributed by atoms with Crippen LogP contribution in [0.15, 0.2) is 6.07 Å². The molecule has 1 heterocycles. The summed E-state index contributed by atoms with van der Waals surface area (Å²) in [4.78, 5) is 24.6. The van der Waals surface area contributed by atoms with Crippen LogP contribution < -0.4 is 0 Å². The number of carbonyl (C=O) groups excluding carboxylic acids is 2. The lowest BCUT2D eigenvalue weighted by Gasteiger charge is -2.05. The van der Waals surface area contributed by atoms with Crippen LogP contribution in [0.25, 0.3) is 0 Å². The van der Waals surface area contributed by atoms with Gasteiger partial charge in [0.2, 0.25) is 5.95 Å². The van der Waals surface area contributed by atoms with E-state index in [4.69, 9.17) is 0 Å². The van der Waals surface area contributed by atoms with Gasteiger partial charge in [-0.1, -0.05) is 0 Å². The van der Waals surface area contributed by atoms with E-state index in [2.05, 4.69) is 14.5 Å². The summed E-state index contributed by atoms with van der Waals surface area (Å²) < 4.78 is 47.2. The summed E-state index contributed by atoms with van der Waals surface area (Å²) in [5.74, 6) is -7.04. The summed E-state index contributed by atoms with van der Waals surface area (Å²) in [6.07, 6.45) is 0. The fraction of sp³-hybridized carbons (Fsp3) is 0.300. The van der Waals surface area contributed by atoms with Crippen molar-refractivity contribution in [3.8, 4) is 0 Å². The quantitative estimate of drug-likeness (QED) is 0.603. The smallest absolute Gasteiger partial charge is 0.344 e. The molecule has 0 saturated carbocycles. The zero-order valence-corrected chi connectivity index (χ0v) is 9.21. The third-order valence-electron chi connectivity index (χ3n) is 1.73. The molecule has 0 fully saturated rings. The predicted octanol–water partition coefficient (Wildman–Crippen LogP) is 1.22. The second kappa shape index (κ2) is 5.99. The molecule has 18 heavy (non-hydrogen) atoms. The molecule has 0 aliphatic heterocycles. The number of esters is 2. The van der Waals surface area contributed by atoms with Crippen molar-refractivity contribution in [3.05, 3.63) is 29.3 Å². The van der Waals surface area contributed by atoms with Gasteiger partial charge in [0.15, 0.2) is 12.4 Å². The first-order valence-electron chi connectivity index (χ1n) is 4.80. The van der Waals surface area contributed by atoms with E-state index < -0.39 is 41.8 Å². The number of carbonyl (C=O) groups is 2. The van der Waals surface area contributed by atoms with E-state index in [1.54, 1.807) is 0 Å². The van der Waals surface area contributed by atoms with Gasteiger partial charge < -0.3 is 9.47 Å². The van der Waals surface area contributed by atoms with E-state index in [-0.39, 0.29) is 6.61 Å². The van der Waals surface area contributed by atoms with E-state index in [1.165, 1.54) is 6.92 Å². The highest BCUT2D eigenvalue weighted by Gasteiger charge is 2.21. The summed E-state index contributed by atoms with van der Waals surface area (Å²) in [5.41, 5.74) is -0.982. The molecule has 1 aromatic heterocycles. The molecule has 98 valence electrons. The van der Waals surface area contributed by atoms with Gasteiger partial charge in [-0.2, -0.15) is 13.8 Å². The van der Waals surface area contributed by atoms with Crippen LogP contribution in [0.1, 0.15) is 17.3 Å². The molecule has 0 aliphatic rings. The molecule has 0 radical (unpaired) electrons. The molecule has 0 bridgehead atoms. The molecule has 0 unspecified atom stereocenters. The summed E-state index contributed by atoms with van der Waals surface area (Å²) in [5, 5.41) is 0. The molecule has 0 N–H and O–H groups in total. The highest BCUT2D eigenvalue weighted by atomic mass is 19.2. The van der Waals surface area contributed by atoms with Gasteiger partial charge in [-0.3, -0.25) is 0 Å². The standard InChI is InChI=1S/C10H8F3NO4/c1-2-17-7(15)4-18-10(16)5-3-6(11)14-9(13)8(5)12/h3H,2,4H2,1H3. The Balaban J connectivity index is 2.76. The van der Waals surface area contributed by atoms with Crippen molar-refractivity contribution in [2.75, 3.05) is 13.2 Å². The lowest BCUT2D eigenvalue weighted by molar-refractivity contribution is -0.146. The predicted molar refractivity (Wildman–Crippen MR) is 51.0 cm³/mol.